The Bertz CT molecular complexity index is 481. The van der Waals surface area contributed by atoms with Crippen LogP contribution in [0.4, 0.5) is 5.82 Å². The summed E-state index contributed by atoms with van der Waals surface area (Å²) < 4.78 is 0. The van der Waals surface area contributed by atoms with Crippen LogP contribution in [-0.4, -0.2) is 61.6 Å². The summed E-state index contributed by atoms with van der Waals surface area (Å²) in [5.41, 5.74) is 2.65. The van der Waals surface area contributed by atoms with Gasteiger partial charge in [-0.15, -0.1) is 0 Å². The molecule has 0 saturated heterocycles. The van der Waals surface area contributed by atoms with Gasteiger partial charge in [0.15, 0.2) is 5.82 Å². The summed E-state index contributed by atoms with van der Waals surface area (Å²) in [6, 6.07) is 5.05. The number of amides is 1. The standard InChI is InChI=1S/C12H18N6O/c1-17(2)8-13-11-7-5-6-10(15-11)12(19)16-14-9-18(3)4/h5-9H,1-4H3,(H,16,19)/b13-8-,14-9+. The minimum atomic E-state index is -0.375. The summed E-state index contributed by atoms with van der Waals surface area (Å²) in [5.74, 6) is 0.0953. The number of pyridine rings is 1. The largest absolute Gasteiger partial charge is 0.369 e. The topological polar surface area (TPSA) is 73.2 Å². The summed E-state index contributed by atoms with van der Waals surface area (Å²) >= 11 is 0. The van der Waals surface area contributed by atoms with Crippen molar-refractivity contribution in [2.24, 2.45) is 10.1 Å². The summed E-state index contributed by atoms with van der Waals surface area (Å²) in [5, 5.41) is 3.77. The maximum Gasteiger partial charge on any atom is 0.290 e. The lowest BCUT2D eigenvalue weighted by atomic mass is 10.3. The van der Waals surface area contributed by atoms with Gasteiger partial charge in [0.25, 0.3) is 5.91 Å². The van der Waals surface area contributed by atoms with E-state index in [2.05, 4.69) is 20.5 Å². The predicted molar refractivity (Wildman–Crippen MR) is 75.7 cm³/mol. The molecule has 0 spiro atoms. The van der Waals surface area contributed by atoms with Gasteiger partial charge in [0.2, 0.25) is 0 Å². The van der Waals surface area contributed by atoms with Crippen LogP contribution >= 0.6 is 0 Å². The van der Waals surface area contributed by atoms with Gasteiger partial charge < -0.3 is 9.80 Å². The van der Waals surface area contributed by atoms with E-state index >= 15 is 0 Å². The quantitative estimate of drug-likeness (QED) is 0.477. The first-order valence-electron chi connectivity index (χ1n) is 5.66. The van der Waals surface area contributed by atoms with Crippen LogP contribution in [0.15, 0.2) is 28.3 Å². The molecule has 0 aliphatic carbocycles. The highest BCUT2D eigenvalue weighted by molar-refractivity contribution is 5.92. The van der Waals surface area contributed by atoms with Crippen molar-refractivity contribution in [2.75, 3.05) is 28.2 Å². The van der Waals surface area contributed by atoms with E-state index < -0.39 is 0 Å². The molecule has 7 nitrogen and oxygen atoms in total. The monoisotopic (exact) mass is 262 g/mol. The van der Waals surface area contributed by atoms with Crippen molar-refractivity contribution < 1.29 is 4.79 Å². The zero-order valence-corrected chi connectivity index (χ0v) is 11.5. The number of hydrazone groups is 1. The Morgan fingerprint density at radius 2 is 1.89 bits per heavy atom. The van der Waals surface area contributed by atoms with Crippen LogP contribution in [-0.2, 0) is 0 Å². The van der Waals surface area contributed by atoms with Gasteiger partial charge in [0.05, 0.1) is 6.34 Å². The number of hydrogen-bond donors (Lipinski definition) is 1. The smallest absolute Gasteiger partial charge is 0.290 e. The molecule has 0 aliphatic rings. The highest BCUT2D eigenvalue weighted by atomic mass is 16.2. The Labute approximate surface area is 112 Å². The van der Waals surface area contributed by atoms with E-state index in [1.165, 1.54) is 6.34 Å². The van der Waals surface area contributed by atoms with Crippen LogP contribution < -0.4 is 5.43 Å². The number of nitrogens with one attached hydrogen (secondary N) is 1. The maximum absolute atomic E-state index is 11.7. The normalized spacial score (nSPS) is 10.9. The number of carbonyl (C=O) groups is 1. The highest BCUT2D eigenvalue weighted by Gasteiger charge is 2.06. The van der Waals surface area contributed by atoms with E-state index in [0.29, 0.717) is 5.82 Å². The van der Waals surface area contributed by atoms with Gasteiger partial charge in [0, 0.05) is 28.2 Å². The van der Waals surface area contributed by atoms with Gasteiger partial charge in [0.1, 0.15) is 12.0 Å². The lowest BCUT2D eigenvalue weighted by Gasteiger charge is -2.04. The summed E-state index contributed by atoms with van der Waals surface area (Å²) in [6.07, 6.45) is 3.11. The van der Waals surface area contributed by atoms with Crippen LogP contribution in [0.3, 0.4) is 0 Å². The van der Waals surface area contributed by atoms with Gasteiger partial charge in [-0.3, -0.25) is 4.79 Å². The molecule has 102 valence electrons. The third-order valence-corrected chi connectivity index (χ3v) is 1.84. The van der Waals surface area contributed by atoms with Crippen molar-refractivity contribution >= 4 is 24.4 Å². The zero-order valence-electron chi connectivity index (χ0n) is 11.5. The molecule has 1 N–H and O–H groups in total. The molecular formula is C12H18N6O. The molecule has 0 unspecified atom stereocenters. The van der Waals surface area contributed by atoms with E-state index in [9.17, 15) is 4.79 Å². The van der Waals surface area contributed by atoms with Crippen molar-refractivity contribution in [1.29, 1.82) is 0 Å². The molecule has 0 aromatic carbocycles. The minimum Gasteiger partial charge on any atom is -0.369 e. The van der Waals surface area contributed by atoms with Gasteiger partial charge in [-0.25, -0.2) is 15.4 Å². The van der Waals surface area contributed by atoms with Crippen LogP contribution in [0, 0.1) is 0 Å². The fourth-order valence-corrected chi connectivity index (χ4v) is 1.06. The molecule has 1 aromatic rings. The Morgan fingerprint density at radius 3 is 2.53 bits per heavy atom. The van der Waals surface area contributed by atoms with Crippen molar-refractivity contribution in [1.82, 2.24) is 20.2 Å². The average Bonchev–Trinajstić information content (AvgIpc) is 2.36. The summed E-state index contributed by atoms with van der Waals surface area (Å²) in [6.45, 7) is 0. The molecule has 0 saturated carbocycles. The molecule has 7 heteroatoms. The first kappa shape index (κ1) is 14.6. The predicted octanol–water partition coefficient (Wildman–Crippen LogP) is 0.538. The third-order valence-electron chi connectivity index (χ3n) is 1.84. The van der Waals surface area contributed by atoms with E-state index in [0.717, 1.165) is 0 Å². The van der Waals surface area contributed by atoms with E-state index in [4.69, 9.17) is 0 Å². The van der Waals surface area contributed by atoms with Crippen molar-refractivity contribution in [3.05, 3.63) is 23.9 Å². The van der Waals surface area contributed by atoms with E-state index in [1.807, 2.05) is 28.2 Å². The first-order chi connectivity index (χ1) is 8.99. The SMILES string of the molecule is CN(C)/C=N\c1cccc(C(=O)N/N=C/N(C)C)n1. The molecule has 1 rings (SSSR count). The van der Waals surface area contributed by atoms with Crippen LogP contribution in [0.25, 0.3) is 0 Å². The minimum absolute atomic E-state index is 0.268. The van der Waals surface area contributed by atoms with E-state index in [1.54, 1.807) is 34.3 Å². The number of carbonyl (C=O) groups excluding carboxylic acids is 1. The first-order valence-corrected chi connectivity index (χ1v) is 5.66. The molecule has 0 atom stereocenters. The van der Waals surface area contributed by atoms with Gasteiger partial charge in [-0.2, -0.15) is 5.10 Å². The molecular weight excluding hydrogens is 244 g/mol. The lowest BCUT2D eigenvalue weighted by Crippen LogP contribution is -2.21. The van der Waals surface area contributed by atoms with Crippen LogP contribution in [0.1, 0.15) is 10.5 Å². The fourth-order valence-electron chi connectivity index (χ4n) is 1.06. The molecule has 1 aromatic heterocycles. The molecule has 1 heterocycles. The molecule has 0 aliphatic heterocycles. The van der Waals surface area contributed by atoms with Gasteiger partial charge in [-0.05, 0) is 12.1 Å². The Balaban J connectivity index is 2.73. The lowest BCUT2D eigenvalue weighted by molar-refractivity contribution is 0.0950. The van der Waals surface area contributed by atoms with Crippen molar-refractivity contribution in [3.63, 3.8) is 0 Å². The number of hydrogen-bond acceptors (Lipinski definition) is 4. The Kier molecular flexibility index (Phi) is 5.46. The number of aliphatic imine (C=N–C) groups is 1. The summed E-state index contributed by atoms with van der Waals surface area (Å²) in [7, 11) is 7.33. The number of rotatable bonds is 5. The van der Waals surface area contributed by atoms with Crippen molar-refractivity contribution in [3.8, 4) is 0 Å². The second-order valence-corrected chi connectivity index (χ2v) is 4.24. The molecule has 0 bridgehead atoms. The Hall–Kier alpha value is -2.44. The second-order valence-electron chi connectivity index (χ2n) is 4.24. The van der Waals surface area contributed by atoms with Crippen LogP contribution in [0.5, 0.6) is 0 Å². The molecule has 1 amide bonds. The van der Waals surface area contributed by atoms with Gasteiger partial charge in [-0.1, -0.05) is 6.07 Å². The zero-order chi connectivity index (χ0) is 14.3. The number of aromatic nitrogens is 1. The second kappa shape index (κ2) is 7.10. The summed E-state index contributed by atoms with van der Waals surface area (Å²) in [4.78, 5) is 23.5. The van der Waals surface area contributed by atoms with Crippen molar-refractivity contribution in [2.45, 2.75) is 0 Å². The van der Waals surface area contributed by atoms with Gasteiger partial charge >= 0.3 is 0 Å². The molecule has 0 fully saturated rings. The average molecular weight is 262 g/mol. The number of nitrogens with zero attached hydrogens (tertiary/aromatic N) is 5. The molecule has 0 radical (unpaired) electrons. The highest BCUT2D eigenvalue weighted by Crippen LogP contribution is 2.07. The third kappa shape index (κ3) is 5.62. The fraction of sp³-hybridized carbons (Fsp3) is 0.333. The van der Waals surface area contributed by atoms with Crippen LogP contribution in [0.2, 0.25) is 0 Å². The Morgan fingerprint density at radius 1 is 1.21 bits per heavy atom. The molecule has 19 heavy (non-hydrogen) atoms. The van der Waals surface area contributed by atoms with E-state index in [-0.39, 0.29) is 11.6 Å². The maximum atomic E-state index is 11.7.